The van der Waals surface area contributed by atoms with E-state index < -0.39 is 0 Å². The number of phenols is 1. The number of hydrogen-bond donors (Lipinski definition) is 3. The lowest BCUT2D eigenvalue weighted by Gasteiger charge is -2.08. The van der Waals surface area contributed by atoms with Crippen LogP contribution in [0.3, 0.4) is 0 Å². The van der Waals surface area contributed by atoms with Crippen LogP contribution in [0, 0.1) is 0 Å². The monoisotopic (exact) mass is 411 g/mol. The number of aromatic amines is 1. The van der Waals surface area contributed by atoms with E-state index in [1.807, 2.05) is 72.1 Å². The summed E-state index contributed by atoms with van der Waals surface area (Å²) in [6.45, 7) is 0. The van der Waals surface area contributed by atoms with Crippen molar-refractivity contribution in [2.45, 2.75) is 0 Å². The molecular weight excluding hydrogens is 394 g/mol. The highest BCUT2D eigenvalue weighted by Crippen LogP contribution is 2.41. The predicted molar refractivity (Wildman–Crippen MR) is 122 cm³/mol. The maximum atomic E-state index is 12.6. The van der Waals surface area contributed by atoms with Gasteiger partial charge in [-0.05, 0) is 34.4 Å². The number of aromatic hydroxyl groups is 2. The Hall–Kier alpha value is -3.83. The Bertz CT molecular complexity index is 1400. The second-order valence-corrected chi connectivity index (χ2v) is 7.90. The van der Waals surface area contributed by atoms with E-state index in [9.17, 15) is 15.0 Å². The zero-order chi connectivity index (χ0) is 20.7. The molecule has 0 atom stereocenters. The van der Waals surface area contributed by atoms with Gasteiger partial charge in [-0.15, -0.1) is 11.3 Å². The van der Waals surface area contributed by atoms with Crippen molar-refractivity contribution < 1.29 is 10.2 Å². The van der Waals surface area contributed by atoms with Gasteiger partial charge >= 0.3 is 0 Å². The first kappa shape index (κ1) is 18.2. The van der Waals surface area contributed by atoms with Crippen LogP contribution >= 0.6 is 11.3 Å². The van der Waals surface area contributed by atoms with Crippen LogP contribution in [0.5, 0.6) is 11.5 Å². The fourth-order valence-electron chi connectivity index (χ4n) is 3.66. The molecule has 4 nitrogen and oxygen atoms in total. The normalized spacial score (nSPS) is 11.1. The molecule has 0 spiro atoms. The van der Waals surface area contributed by atoms with Gasteiger partial charge in [-0.3, -0.25) is 4.79 Å². The van der Waals surface area contributed by atoms with Gasteiger partial charge in [-0.1, -0.05) is 66.7 Å². The lowest BCUT2D eigenvalue weighted by atomic mass is 9.98. The molecule has 0 unspecified atom stereocenters. The van der Waals surface area contributed by atoms with Gasteiger partial charge in [0.2, 0.25) is 0 Å². The molecule has 5 rings (SSSR count). The maximum absolute atomic E-state index is 12.6. The van der Waals surface area contributed by atoms with Gasteiger partial charge in [0.15, 0.2) is 0 Å². The average Bonchev–Trinajstić information content (AvgIpc) is 3.19. The minimum atomic E-state index is -0.303. The highest BCUT2D eigenvalue weighted by Gasteiger charge is 2.18. The van der Waals surface area contributed by atoms with E-state index >= 15 is 0 Å². The van der Waals surface area contributed by atoms with Gasteiger partial charge in [0.25, 0.3) is 5.56 Å². The topological polar surface area (TPSA) is 73.3 Å². The van der Waals surface area contributed by atoms with E-state index in [0.29, 0.717) is 15.8 Å². The third-order valence-corrected chi connectivity index (χ3v) is 6.07. The summed E-state index contributed by atoms with van der Waals surface area (Å²) in [5.41, 5.74) is 4.51. The fourth-order valence-corrected chi connectivity index (χ4v) is 4.63. The van der Waals surface area contributed by atoms with Gasteiger partial charge in [-0.25, -0.2) is 0 Å². The number of thiophene rings is 1. The van der Waals surface area contributed by atoms with Crippen molar-refractivity contribution in [3.05, 3.63) is 94.6 Å². The van der Waals surface area contributed by atoms with Gasteiger partial charge < -0.3 is 15.2 Å². The maximum Gasteiger partial charge on any atom is 0.260 e. The van der Waals surface area contributed by atoms with Gasteiger partial charge in [0, 0.05) is 10.9 Å². The van der Waals surface area contributed by atoms with Crippen LogP contribution in [0.1, 0.15) is 0 Å². The summed E-state index contributed by atoms with van der Waals surface area (Å²) >= 11 is 1.40. The zero-order valence-corrected chi connectivity index (χ0v) is 16.6. The van der Waals surface area contributed by atoms with E-state index in [1.54, 1.807) is 12.1 Å². The van der Waals surface area contributed by atoms with Crippen LogP contribution in [0.15, 0.2) is 89.0 Å². The lowest BCUT2D eigenvalue weighted by Crippen LogP contribution is -2.08. The molecule has 2 heterocycles. The van der Waals surface area contributed by atoms with Crippen molar-refractivity contribution in [3.8, 4) is 44.9 Å². The minimum Gasteiger partial charge on any atom is -0.508 e. The highest BCUT2D eigenvalue weighted by atomic mass is 32.1. The molecule has 146 valence electrons. The summed E-state index contributed by atoms with van der Waals surface area (Å²) in [5.74, 6) is 0.234. The number of H-pyrrole nitrogens is 1. The first-order chi connectivity index (χ1) is 14.6. The molecule has 0 bridgehead atoms. The Labute approximate surface area is 176 Å². The van der Waals surface area contributed by atoms with Gasteiger partial charge in [0.1, 0.15) is 16.3 Å². The molecule has 0 amide bonds. The van der Waals surface area contributed by atoms with Crippen molar-refractivity contribution in [2.75, 3.05) is 0 Å². The van der Waals surface area contributed by atoms with Crippen molar-refractivity contribution >= 4 is 21.6 Å². The summed E-state index contributed by atoms with van der Waals surface area (Å²) in [5, 5.41) is 23.1. The van der Waals surface area contributed by atoms with Crippen molar-refractivity contribution in [3.63, 3.8) is 0 Å². The van der Waals surface area contributed by atoms with Crippen molar-refractivity contribution in [1.29, 1.82) is 0 Å². The van der Waals surface area contributed by atoms with E-state index in [4.69, 9.17) is 0 Å². The first-order valence-electron chi connectivity index (χ1n) is 9.43. The molecular formula is C25H17NO3S. The highest BCUT2D eigenvalue weighted by molar-refractivity contribution is 7.17. The summed E-state index contributed by atoms with van der Waals surface area (Å²) in [7, 11) is 0. The molecule has 0 radical (unpaired) electrons. The molecule has 30 heavy (non-hydrogen) atoms. The largest absolute Gasteiger partial charge is 0.508 e. The standard InChI is InChI=1S/C25H17NO3S/c27-19-12-10-16(11-13-19)15-6-8-17(9-7-15)20-14-30-25-22(20)23(28)21(24(29)26-25)18-4-2-1-3-5-18/h1-14,27H,(H2,26,28,29). The number of benzene rings is 3. The Kier molecular flexibility index (Phi) is 4.38. The van der Waals surface area contributed by atoms with Crippen LogP contribution in [0.2, 0.25) is 0 Å². The summed E-state index contributed by atoms with van der Waals surface area (Å²) in [6, 6.07) is 24.3. The molecule has 0 aliphatic heterocycles. The third kappa shape index (κ3) is 3.06. The summed E-state index contributed by atoms with van der Waals surface area (Å²) in [4.78, 5) is 16.2. The molecule has 0 aliphatic rings. The quantitative estimate of drug-likeness (QED) is 0.341. The zero-order valence-electron chi connectivity index (χ0n) is 15.8. The van der Waals surface area contributed by atoms with E-state index in [2.05, 4.69) is 4.98 Å². The second-order valence-electron chi connectivity index (χ2n) is 7.02. The van der Waals surface area contributed by atoms with Crippen LogP contribution in [0.4, 0.5) is 0 Å². The predicted octanol–water partition coefficient (Wildman–Crippen LogP) is 6.00. The minimum absolute atomic E-state index is 0.00110. The molecule has 2 aromatic heterocycles. The Morgan fingerprint density at radius 1 is 0.700 bits per heavy atom. The number of fused-ring (bicyclic) bond motifs is 1. The molecule has 3 aromatic carbocycles. The van der Waals surface area contributed by atoms with Crippen molar-refractivity contribution in [2.24, 2.45) is 0 Å². The Balaban J connectivity index is 1.63. The molecule has 5 aromatic rings. The van der Waals surface area contributed by atoms with E-state index in [0.717, 1.165) is 22.3 Å². The van der Waals surface area contributed by atoms with Gasteiger partial charge in [-0.2, -0.15) is 0 Å². The third-order valence-electron chi connectivity index (χ3n) is 5.18. The summed E-state index contributed by atoms with van der Waals surface area (Å²) < 4.78 is 0. The average molecular weight is 411 g/mol. The van der Waals surface area contributed by atoms with Gasteiger partial charge in [0.05, 0.1) is 10.9 Å². The molecule has 0 aliphatic carbocycles. The smallest absolute Gasteiger partial charge is 0.260 e. The van der Waals surface area contributed by atoms with E-state index in [-0.39, 0.29) is 22.6 Å². The SMILES string of the molecule is O=c1[nH]c2scc(-c3ccc(-c4ccc(O)cc4)cc3)c2c(O)c1-c1ccccc1. The first-order valence-corrected chi connectivity index (χ1v) is 10.3. The van der Waals surface area contributed by atoms with Crippen LogP contribution in [-0.2, 0) is 0 Å². The molecule has 0 saturated carbocycles. The number of nitrogens with one attached hydrogen (secondary N) is 1. The van der Waals surface area contributed by atoms with Crippen molar-refractivity contribution in [1.82, 2.24) is 4.98 Å². The number of pyridine rings is 1. The molecule has 3 N–H and O–H groups in total. The fraction of sp³-hybridized carbons (Fsp3) is 0. The Morgan fingerprint density at radius 3 is 1.97 bits per heavy atom. The molecule has 5 heteroatoms. The van der Waals surface area contributed by atoms with Crippen LogP contribution in [-0.4, -0.2) is 15.2 Å². The number of aromatic nitrogens is 1. The second kappa shape index (κ2) is 7.21. The number of phenolic OH excluding ortho intramolecular Hbond substituents is 1. The van der Waals surface area contributed by atoms with E-state index in [1.165, 1.54) is 11.3 Å². The number of hydrogen-bond acceptors (Lipinski definition) is 4. The lowest BCUT2D eigenvalue weighted by molar-refractivity contribution is 0.475. The van der Waals surface area contributed by atoms with Crippen LogP contribution < -0.4 is 5.56 Å². The molecule has 0 fully saturated rings. The Morgan fingerprint density at radius 2 is 1.30 bits per heavy atom. The summed E-state index contributed by atoms with van der Waals surface area (Å²) in [6.07, 6.45) is 0. The number of rotatable bonds is 3. The molecule has 0 saturated heterocycles. The van der Waals surface area contributed by atoms with Crippen LogP contribution in [0.25, 0.3) is 43.6 Å².